The van der Waals surface area contributed by atoms with Crippen molar-refractivity contribution in [3.63, 3.8) is 0 Å². The Bertz CT molecular complexity index is 1400. The van der Waals surface area contributed by atoms with Crippen LogP contribution in [-0.2, 0) is 28.6 Å². The van der Waals surface area contributed by atoms with Crippen molar-refractivity contribution in [2.24, 2.45) is 0 Å². The molecule has 0 radical (unpaired) electrons. The average molecular weight is 1060 g/mol. The molecule has 0 rings (SSSR count). The zero-order chi connectivity index (χ0) is 55.0. The standard InChI is InChI=1S/C70H124O6/c1-4-7-10-13-16-19-22-25-27-28-29-30-31-32-33-34-35-36-37-38-39-40-41-42-43-46-48-51-54-57-60-63-69(72)75-66-67(65-74-68(71)62-59-56-53-50-47-44-24-21-18-15-12-9-6-3)76-70(73)64-61-58-55-52-49-45-26-23-20-17-14-11-8-5-2/h7,10,16,19,21,23-27,29-30,67H,4-6,8-9,11-15,17-18,20,22,28,31-66H2,1-3H3/b10-7-,19-16-,24-21-,26-23-,27-25-,30-29-. The Hall–Kier alpha value is -3.15. The normalized spacial score (nSPS) is 12.5. The van der Waals surface area contributed by atoms with E-state index < -0.39 is 6.10 Å². The number of rotatable bonds is 60. The molecule has 0 saturated heterocycles. The SMILES string of the molecule is CC/C=C\C/C=C\C/C=C\C/C=C\CCCCCCCCCCCCCCCCCCCCC(=O)OCC(COC(=O)CCCCCCC/C=C\CCCCCC)OC(=O)CCCCCCC/C=C\CCCCCCC. The van der Waals surface area contributed by atoms with E-state index in [2.05, 4.69) is 93.7 Å². The van der Waals surface area contributed by atoms with Gasteiger partial charge in [0, 0.05) is 19.3 Å². The highest BCUT2D eigenvalue weighted by molar-refractivity contribution is 5.71. The summed E-state index contributed by atoms with van der Waals surface area (Å²) in [5.74, 6) is -0.879. The van der Waals surface area contributed by atoms with Gasteiger partial charge in [0.1, 0.15) is 13.2 Å². The van der Waals surface area contributed by atoms with Crippen LogP contribution in [0, 0.1) is 0 Å². The summed E-state index contributed by atoms with van der Waals surface area (Å²) in [7, 11) is 0. The summed E-state index contributed by atoms with van der Waals surface area (Å²) >= 11 is 0. The number of unbranched alkanes of at least 4 members (excludes halogenated alkanes) is 37. The van der Waals surface area contributed by atoms with Gasteiger partial charge in [0.15, 0.2) is 6.10 Å². The van der Waals surface area contributed by atoms with Crippen LogP contribution in [0.4, 0.5) is 0 Å². The number of hydrogen-bond donors (Lipinski definition) is 0. The maximum Gasteiger partial charge on any atom is 0.306 e. The van der Waals surface area contributed by atoms with Crippen LogP contribution in [0.1, 0.15) is 335 Å². The van der Waals surface area contributed by atoms with E-state index in [0.717, 1.165) is 103 Å². The Labute approximate surface area is 472 Å². The fourth-order valence-corrected chi connectivity index (χ4v) is 9.48. The summed E-state index contributed by atoms with van der Waals surface area (Å²) in [5, 5.41) is 0. The molecule has 1 unspecified atom stereocenters. The Morgan fingerprint density at radius 1 is 0.276 bits per heavy atom. The quantitative estimate of drug-likeness (QED) is 0.0261. The van der Waals surface area contributed by atoms with Gasteiger partial charge < -0.3 is 14.2 Å². The fourth-order valence-electron chi connectivity index (χ4n) is 9.48. The molecular weight excluding hydrogens is 937 g/mol. The number of allylic oxidation sites excluding steroid dienone is 12. The van der Waals surface area contributed by atoms with Crippen molar-refractivity contribution in [1.29, 1.82) is 0 Å². The smallest absolute Gasteiger partial charge is 0.306 e. The number of carbonyl (C=O) groups excluding carboxylic acids is 3. The molecule has 6 nitrogen and oxygen atoms in total. The third-order valence-corrected chi connectivity index (χ3v) is 14.4. The van der Waals surface area contributed by atoms with Gasteiger partial charge in [-0.1, -0.05) is 280 Å². The van der Waals surface area contributed by atoms with Gasteiger partial charge in [-0.15, -0.1) is 0 Å². The van der Waals surface area contributed by atoms with Crippen molar-refractivity contribution >= 4 is 17.9 Å². The van der Waals surface area contributed by atoms with Crippen molar-refractivity contribution in [2.75, 3.05) is 13.2 Å². The second-order valence-corrected chi connectivity index (χ2v) is 22.0. The first-order chi connectivity index (χ1) is 37.5. The lowest BCUT2D eigenvalue weighted by Crippen LogP contribution is -2.30. The zero-order valence-electron chi connectivity index (χ0n) is 50.5. The van der Waals surface area contributed by atoms with Gasteiger partial charge in [0.25, 0.3) is 0 Å². The van der Waals surface area contributed by atoms with Gasteiger partial charge in [0.05, 0.1) is 0 Å². The van der Waals surface area contributed by atoms with Crippen LogP contribution in [0.25, 0.3) is 0 Å². The lowest BCUT2D eigenvalue weighted by atomic mass is 10.0. The monoisotopic (exact) mass is 1060 g/mol. The van der Waals surface area contributed by atoms with Crippen LogP contribution in [-0.4, -0.2) is 37.2 Å². The highest BCUT2D eigenvalue weighted by atomic mass is 16.6. The molecule has 0 amide bonds. The van der Waals surface area contributed by atoms with Crippen molar-refractivity contribution < 1.29 is 28.6 Å². The van der Waals surface area contributed by atoms with Crippen LogP contribution < -0.4 is 0 Å². The number of hydrogen-bond acceptors (Lipinski definition) is 6. The van der Waals surface area contributed by atoms with E-state index in [0.29, 0.717) is 19.3 Å². The molecule has 1 atom stereocenters. The summed E-state index contributed by atoms with van der Waals surface area (Å²) in [4.78, 5) is 38.2. The third kappa shape index (κ3) is 61.7. The Balaban J connectivity index is 4.15. The number of ether oxygens (including phenoxy) is 3. The lowest BCUT2D eigenvalue weighted by molar-refractivity contribution is -0.167. The van der Waals surface area contributed by atoms with E-state index in [-0.39, 0.29) is 31.1 Å². The Morgan fingerprint density at radius 3 is 0.829 bits per heavy atom. The highest BCUT2D eigenvalue weighted by Gasteiger charge is 2.19. The minimum absolute atomic E-state index is 0.0775. The third-order valence-electron chi connectivity index (χ3n) is 14.4. The van der Waals surface area contributed by atoms with Gasteiger partial charge in [0.2, 0.25) is 0 Å². The van der Waals surface area contributed by atoms with Gasteiger partial charge >= 0.3 is 17.9 Å². The molecule has 0 aliphatic carbocycles. The summed E-state index contributed by atoms with van der Waals surface area (Å²) in [6, 6.07) is 0. The van der Waals surface area contributed by atoms with Crippen molar-refractivity contribution in [1.82, 2.24) is 0 Å². The average Bonchev–Trinajstić information content (AvgIpc) is 3.42. The topological polar surface area (TPSA) is 78.9 Å². The molecule has 6 heteroatoms. The maximum absolute atomic E-state index is 12.9. The van der Waals surface area contributed by atoms with Gasteiger partial charge in [-0.05, 0) is 109 Å². The summed E-state index contributed by atoms with van der Waals surface area (Å²) in [6.07, 6.45) is 83.5. The predicted molar refractivity (Wildman–Crippen MR) is 330 cm³/mol. The van der Waals surface area contributed by atoms with Crippen LogP contribution in [0.3, 0.4) is 0 Å². The molecule has 440 valence electrons. The second-order valence-electron chi connectivity index (χ2n) is 22.0. The Morgan fingerprint density at radius 2 is 0.513 bits per heavy atom. The molecule has 0 spiro atoms. The van der Waals surface area contributed by atoms with E-state index in [1.807, 2.05) is 0 Å². The molecule has 0 bridgehead atoms. The van der Waals surface area contributed by atoms with Crippen LogP contribution in [0.5, 0.6) is 0 Å². The van der Waals surface area contributed by atoms with Crippen LogP contribution >= 0.6 is 0 Å². The van der Waals surface area contributed by atoms with E-state index >= 15 is 0 Å². The molecular formula is C70H124O6. The first-order valence-electron chi connectivity index (χ1n) is 32.9. The first-order valence-corrected chi connectivity index (χ1v) is 32.9. The molecule has 0 N–H and O–H groups in total. The van der Waals surface area contributed by atoms with Gasteiger partial charge in [-0.2, -0.15) is 0 Å². The van der Waals surface area contributed by atoms with Crippen molar-refractivity contribution in [2.45, 2.75) is 341 Å². The largest absolute Gasteiger partial charge is 0.462 e. The van der Waals surface area contributed by atoms with E-state index in [1.165, 1.54) is 193 Å². The molecule has 0 aromatic rings. The van der Waals surface area contributed by atoms with E-state index in [9.17, 15) is 14.4 Å². The summed E-state index contributed by atoms with van der Waals surface area (Å²) in [5.41, 5.74) is 0. The van der Waals surface area contributed by atoms with Gasteiger partial charge in [-0.25, -0.2) is 0 Å². The van der Waals surface area contributed by atoms with Crippen molar-refractivity contribution in [3.05, 3.63) is 72.9 Å². The lowest BCUT2D eigenvalue weighted by Gasteiger charge is -2.18. The molecule has 0 fully saturated rings. The van der Waals surface area contributed by atoms with Crippen LogP contribution in [0.15, 0.2) is 72.9 Å². The van der Waals surface area contributed by atoms with Gasteiger partial charge in [-0.3, -0.25) is 14.4 Å². The Kier molecular flexibility index (Phi) is 61.7. The maximum atomic E-state index is 12.9. The molecule has 0 heterocycles. The number of esters is 3. The van der Waals surface area contributed by atoms with E-state index in [1.54, 1.807) is 0 Å². The van der Waals surface area contributed by atoms with Crippen LogP contribution in [0.2, 0.25) is 0 Å². The highest BCUT2D eigenvalue weighted by Crippen LogP contribution is 2.17. The van der Waals surface area contributed by atoms with Crippen molar-refractivity contribution in [3.8, 4) is 0 Å². The first kappa shape index (κ1) is 72.8. The molecule has 0 aromatic heterocycles. The molecule has 0 aliphatic rings. The van der Waals surface area contributed by atoms with E-state index in [4.69, 9.17) is 14.2 Å². The predicted octanol–water partition coefficient (Wildman–Crippen LogP) is 22.5. The zero-order valence-corrected chi connectivity index (χ0v) is 50.5. The molecule has 0 aliphatic heterocycles. The molecule has 0 saturated carbocycles. The molecule has 0 aromatic carbocycles. The summed E-state index contributed by atoms with van der Waals surface area (Å²) < 4.78 is 16.9. The fraction of sp³-hybridized carbons (Fsp3) is 0.786. The second kappa shape index (κ2) is 64.4. The number of carbonyl (C=O) groups is 3. The molecule has 76 heavy (non-hydrogen) atoms. The summed E-state index contributed by atoms with van der Waals surface area (Å²) in [6.45, 7) is 6.52. The minimum atomic E-state index is -0.781. The minimum Gasteiger partial charge on any atom is -0.462 e.